The number of aromatic nitrogens is 1. The van der Waals surface area contributed by atoms with Crippen LogP contribution in [0.3, 0.4) is 0 Å². The summed E-state index contributed by atoms with van der Waals surface area (Å²) in [4.78, 5) is 15.2. The third-order valence-corrected chi connectivity index (χ3v) is 3.58. The minimum absolute atomic E-state index is 0.321. The molecular formula is C18H17N3O3. The maximum absolute atomic E-state index is 12.2. The van der Waals surface area contributed by atoms with Crippen LogP contribution in [0.1, 0.15) is 16.1 Å². The van der Waals surface area contributed by atoms with Gasteiger partial charge in [0.05, 0.1) is 20.4 Å². The van der Waals surface area contributed by atoms with Crippen molar-refractivity contribution in [2.45, 2.75) is 0 Å². The van der Waals surface area contributed by atoms with E-state index in [0.717, 1.165) is 22.2 Å². The summed E-state index contributed by atoms with van der Waals surface area (Å²) >= 11 is 0. The Morgan fingerprint density at radius 1 is 1.12 bits per heavy atom. The molecule has 2 N–H and O–H groups in total. The number of carbonyl (C=O) groups excluding carboxylic acids is 1. The second kappa shape index (κ2) is 6.87. The Hall–Kier alpha value is -3.28. The molecule has 0 fully saturated rings. The van der Waals surface area contributed by atoms with Crippen molar-refractivity contribution < 1.29 is 14.3 Å². The largest absolute Gasteiger partial charge is 0.497 e. The third-order valence-electron chi connectivity index (χ3n) is 3.58. The number of amides is 1. The summed E-state index contributed by atoms with van der Waals surface area (Å²) in [6, 6.07) is 14.7. The van der Waals surface area contributed by atoms with E-state index in [2.05, 4.69) is 15.5 Å². The lowest BCUT2D eigenvalue weighted by molar-refractivity contribution is 0.0951. The Morgan fingerprint density at radius 2 is 1.92 bits per heavy atom. The Labute approximate surface area is 139 Å². The summed E-state index contributed by atoms with van der Waals surface area (Å²) in [5.74, 6) is 1.16. The topological polar surface area (TPSA) is 75.7 Å². The monoisotopic (exact) mass is 323 g/mol. The zero-order chi connectivity index (χ0) is 16.9. The first-order chi connectivity index (χ1) is 11.7. The maximum Gasteiger partial charge on any atom is 0.287 e. The zero-order valence-electron chi connectivity index (χ0n) is 13.4. The molecule has 1 aromatic heterocycles. The molecular weight excluding hydrogens is 306 g/mol. The van der Waals surface area contributed by atoms with E-state index in [1.54, 1.807) is 26.5 Å². The number of H-pyrrole nitrogens is 1. The average Bonchev–Trinajstić information content (AvgIpc) is 3.06. The highest BCUT2D eigenvalue weighted by atomic mass is 16.5. The molecule has 3 rings (SSSR count). The molecule has 0 unspecified atom stereocenters. The second-order valence-corrected chi connectivity index (χ2v) is 5.08. The molecule has 0 saturated heterocycles. The minimum Gasteiger partial charge on any atom is -0.497 e. The van der Waals surface area contributed by atoms with Gasteiger partial charge < -0.3 is 14.5 Å². The first kappa shape index (κ1) is 15.6. The van der Waals surface area contributed by atoms with Crippen molar-refractivity contribution in [2.24, 2.45) is 5.10 Å². The highest BCUT2D eigenvalue weighted by molar-refractivity contribution is 6.00. The van der Waals surface area contributed by atoms with Crippen molar-refractivity contribution in [1.82, 2.24) is 10.4 Å². The van der Waals surface area contributed by atoms with Crippen molar-refractivity contribution in [3.8, 4) is 11.5 Å². The molecule has 0 atom stereocenters. The van der Waals surface area contributed by atoms with E-state index in [9.17, 15) is 4.79 Å². The molecule has 0 spiro atoms. The molecule has 0 aliphatic rings. The fraction of sp³-hybridized carbons (Fsp3) is 0.111. The molecule has 0 aliphatic carbocycles. The van der Waals surface area contributed by atoms with Crippen LogP contribution in [0.2, 0.25) is 0 Å². The standard InChI is InChI=1S/C18H17N3O3/c1-23-13-8-6-12(7-9-13)11-19-21-18(22)16-10-14-15(20-16)4-3-5-17(14)24-2/h3-11,20H,1-2H3,(H,21,22)/b19-11-. The van der Waals surface area contributed by atoms with E-state index >= 15 is 0 Å². The van der Waals surface area contributed by atoms with E-state index in [0.29, 0.717) is 11.4 Å². The van der Waals surface area contributed by atoms with Gasteiger partial charge in [-0.3, -0.25) is 4.79 Å². The smallest absolute Gasteiger partial charge is 0.287 e. The number of hydrogen-bond acceptors (Lipinski definition) is 4. The van der Waals surface area contributed by atoms with Gasteiger partial charge in [-0.15, -0.1) is 0 Å². The molecule has 24 heavy (non-hydrogen) atoms. The number of fused-ring (bicyclic) bond motifs is 1. The first-order valence-electron chi connectivity index (χ1n) is 7.34. The number of hydrogen-bond donors (Lipinski definition) is 2. The van der Waals surface area contributed by atoms with Crippen LogP contribution < -0.4 is 14.9 Å². The Bertz CT molecular complexity index is 882. The molecule has 0 bridgehead atoms. The van der Waals surface area contributed by atoms with Crippen LogP contribution in [-0.4, -0.2) is 31.3 Å². The summed E-state index contributed by atoms with van der Waals surface area (Å²) in [5, 5.41) is 4.82. The molecule has 2 aromatic carbocycles. The van der Waals surface area contributed by atoms with Gasteiger partial charge >= 0.3 is 0 Å². The van der Waals surface area contributed by atoms with Crippen LogP contribution in [0.25, 0.3) is 10.9 Å². The fourth-order valence-corrected chi connectivity index (χ4v) is 2.34. The number of nitrogens with one attached hydrogen (secondary N) is 2. The molecule has 0 aliphatic heterocycles. The number of benzene rings is 2. The molecule has 6 nitrogen and oxygen atoms in total. The lowest BCUT2D eigenvalue weighted by Crippen LogP contribution is -2.17. The van der Waals surface area contributed by atoms with Gasteiger partial charge in [0.25, 0.3) is 5.91 Å². The highest BCUT2D eigenvalue weighted by Gasteiger charge is 2.11. The summed E-state index contributed by atoms with van der Waals surface area (Å²) in [6.07, 6.45) is 1.57. The van der Waals surface area contributed by atoms with Crippen molar-refractivity contribution in [1.29, 1.82) is 0 Å². The summed E-state index contributed by atoms with van der Waals surface area (Å²) in [5.41, 5.74) is 4.61. The van der Waals surface area contributed by atoms with Crippen LogP contribution in [0.15, 0.2) is 53.6 Å². The van der Waals surface area contributed by atoms with Gasteiger partial charge in [0, 0.05) is 10.9 Å². The number of nitrogens with zero attached hydrogens (tertiary/aromatic N) is 1. The van der Waals surface area contributed by atoms with Crippen LogP contribution >= 0.6 is 0 Å². The zero-order valence-corrected chi connectivity index (χ0v) is 13.4. The number of hydrazone groups is 1. The Morgan fingerprint density at radius 3 is 2.62 bits per heavy atom. The number of carbonyl (C=O) groups is 1. The van der Waals surface area contributed by atoms with Crippen molar-refractivity contribution >= 4 is 23.0 Å². The fourth-order valence-electron chi connectivity index (χ4n) is 2.34. The molecule has 1 amide bonds. The predicted molar refractivity (Wildman–Crippen MR) is 92.9 cm³/mol. The molecule has 3 aromatic rings. The highest BCUT2D eigenvalue weighted by Crippen LogP contribution is 2.25. The Kier molecular flexibility index (Phi) is 4.47. The average molecular weight is 323 g/mol. The quantitative estimate of drug-likeness (QED) is 0.560. The molecule has 1 heterocycles. The van der Waals surface area contributed by atoms with Gasteiger partial charge in [-0.05, 0) is 48.0 Å². The summed E-state index contributed by atoms with van der Waals surface area (Å²) in [6.45, 7) is 0. The molecule has 122 valence electrons. The Balaban J connectivity index is 1.71. The maximum atomic E-state index is 12.2. The van der Waals surface area contributed by atoms with Gasteiger partial charge in [-0.25, -0.2) is 5.43 Å². The first-order valence-corrected chi connectivity index (χ1v) is 7.34. The van der Waals surface area contributed by atoms with Crippen molar-refractivity contribution in [3.05, 3.63) is 59.8 Å². The van der Waals surface area contributed by atoms with Crippen LogP contribution in [-0.2, 0) is 0 Å². The van der Waals surface area contributed by atoms with Gasteiger partial charge in [-0.2, -0.15) is 5.10 Å². The van der Waals surface area contributed by atoms with E-state index in [1.807, 2.05) is 42.5 Å². The summed E-state index contributed by atoms with van der Waals surface area (Å²) < 4.78 is 10.4. The van der Waals surface area contributed by atoms with Crippen LogP contribution in [0.4, 0.5) is 0 Å². The van der Waals surface area contributed by atoms with Gasteiger partial charge in [-0.1, -0.05) is 6.07 Å². The SMILES string of the molecule is COc1ccc(/C=N\NC(=O)c2cc3c(OC)cccc3[nH]2)cc1. The number of rotatable bonds is 5. The van der Waals surface area contributed by atoms with E-state index in [-0.39, 0.29) is 5.91 Å². The number of methoxy groups -OCH3 is 2. The molecule has 0 saturated carbocycles. The minimum atomic E-state index is -0.321. The second-order valence-electron chi connectivity index (χ2n) is 5.08. The van der Waals surface area contributed by atoms with E-state index in [1.165, 1.54) is 0 Å². The number of aromatic amines is 1. The van der Waals surface area contributed by atoms with E-state index in [4.69, 9.17) is 9.47 Å². The molecule has 0 radical (unpaired) electrons. The normalized spacial score (nSPS) is 10.9. The third kappa shape index (κ3) is 3.22. The lowest BCUT2D eigenvalue weighted by atomic mass is 10.2. The van der Waals surface area contributed by atoms with Gasteiger partial charge in [0.15, 0.2) is 0 Å². The van der Waals surface area contributed by atoms with Crippen LogP contribution in [0.5, 0.6) is 11.5 Å². The van der Waals surface area contributed by atoms with Crippen molar-refractivity contribution in [2.75, 3.05) is 14.2 Å². The number of ether oxygens (including phenoxy) is 2. The lowest BCUT2D eigenvalue weighted by Gasteiger charge is -1.99. The van der Waals surface area contributed by atoms with Crippen molar-refractivity contribution in [3.63, 3.8) is 0 Å². The molecule has 6 heteroatoms. The predicted octanol–water partition coefficient (Wildman–Crippen LogP) is 2.95. The van der Waals surface area contributed by atoms with E-state index < -0.39 is 0 Å². The summed E-state index contributed by atoms with van der Waals surface area (Å²) in [7, 11) is 3.21. The van der Waals surface area contributed by atoms with Gasteiger partial charge in [0.2, 0.25) is 0 Å². The van der Waals surface area contributed by atoms with Crippen LogP contribution in [0, 0.1) is 0 Å². The van der Waals surface area contributed by atoms with Gasteiger partial charge in [0.1, 0.15) is 17.2 Å².